The lowest BCUT2D eigenvalue weighted by molar-refractivity contribution is -0.1000. The van der Waals surface area contributed by atoms with Crippen LogP contribution in [0.3, 0.4) is 0 Å². The highest BCUT2D eigenvalue weighted by Gasteiger charge is 2.31. The number of anilines is 2. The van der Waals surface area contributed by atoms with Gasteiger partial charge in [-0.05, 0) is 103 Å². The van der Waals surface area contributed by atoms with Gasteiger partial charge in [0.15, 0.2) is 0 Å². The lowest BCUT2D eigenvalue weighted by Crippen LogP contribution is -2.45. The van der Waals surface area contributed by atoms with Crippen LogP contribution in [-0.4, -0.2) is 60.8 Å². The van der Waals surface area contributed by atoms with Crippen molar-refractivity contribution in [2.45, 2.75) is 57.9 Å². The van der Waals surface area contributed by atoms with Crippen LogP contribution in [0.4, 0.5) is 24.5 Å². The van der Waals surface area contributed by atoms with E-state index >= 15 is 0 Å². The standard InChI is InChI=1S/C36H42F3N7/c1-2-45-19-20-46(26-11-9-25-22-42-44-33(25)21-26)18-6-5-17-40-35(41-23-45)34-31-14-13-28-27-8-4-3-7-24(27)10-12-29(28)30(31)15-16-32(34)43-36(37,38)39/h4,8-9,11,13-16,21-22,35,40-41,43H,2-3,5-7,10,12,17-20,23H2,1H3,(H,42,44). The molecular formula is C36H42F3N7. The van der Waals surface area contributed by atoms with Crippen molar-refractivity contribution in [3.63, 3.8) is 0 Å². The Kier molecular flexibility index (Phi) is 8.76. The number of alkyl halides is 3. The molecule has 1 unspecified atom stereocenters. The summed E-state index contributed by atoms with van der Waals surface area (Å²) in [6.07, 6.45) is 7.20. The van der Waals surface area contributed by atoms with Crippen molar-refractivity contribution in [3.05, 3.63) is 83.1 Å². The van der Waals surface area contributed by atoms with Gasteiger partial charge in [0.2, 0.25) is 0 Å². The van der Waals surface area contributed by atoms with E-state index in [2.05, 4.69) is 74.0 Å². The molecule has 0 saturated carbocycles. The van der Waals surface area contributed by atoms with E-state index in [9.17, 15) is 13.2 Å². The minimum Gasteiger partial charge on any atom is -0.370 e. The molecule has 0 amide bonds. The normalized spacial score (nSPS) is 20.3. The van der Waals surface area contributed by atoms with Gasteiger partial charge in [-0.15, -0.1) is 0 Å². The van der Waals surface area contributed by atoms with Crippen LogP contribution in [0, 0.1) is 0 Å². The first kappa shape index (κ1) is 30.8. The number of halogens is 3. The predicted octanol–water partition coefficient (Wildman–Crippen LogP) is 7.46. The highest BCUT2D eigenvalue weighted by molar-refractivity contribution is 5.98. The number of aryl methyl sites for hydroxylation is 1. The molecule has 7 rings (SSSR count). The van der Waals surface area contributed by atoms with Gasteiger partial charge in [0.1, 0.15) is 0 Å². The molecule has 0 radical (unpaired) electrons. The van der Waals surface area contributed by atoms with Gasteiger partial charge in [-0.1, -0.05) is 42.8 Å². The second-order valence-electron chi connectivity index (χ2n) is 12.6. The average molecular weight is 630 g/mol. The molecule has 0 spiro atoms. The number of H-pyrrole nitrogens is 1. The van der Waals surface area contributed by atoms with E-state index < -0.39 is 12.5 Å². The number of allylic oxidation sites excluding steroid dienone is 4. The average Bonchev–Trinajstić information content (AvgIpc) is 3.52. The van der Waals surface area contributed by atoms with Gasteiger partial charge < -0.3 is 4.90 Å². The number of hydrogen-bond acceptors (Lipinski definition) is 6. The zero-order chi connectivity index (χ0) is 31.7. The molecule has 7 nitrogen and oxygen atoms in total. The first-order valence-corrected chi connectivity index (χ1v) is 16.6. The summed E-state index contributed by atoms with van der Waals surface area (Å²) in [4.78, 5) is 4.73. The first-order chi connectivity index (χ1) is 22.4. The number of benzene rings is 3. The Bertz CT molecular complexity index is 1770. The highest BCUT2D eigenvalue weighted by atomic mass is 19.4. The summed E-state index contributed by atoms with van der Waals surface area (Å²) in [6.45, 7) is 6.71. The van der Waals surface area contributed by atoms with Crippen molar-refractivity contribution in [3.8, 4) is 0 Å². The van der Waals surface area contributed by atoms with Gasteiger partial charge in [0.05, 0.1) is 17.9 Å². The number of fused-ring (bicyclic) bond motifs is 5. The first-order valence-electron chi connectivity index (χ1n) is 16.6. The van der Waals surface area contributed by atoms with E-state index in [1.54, 1.807) is 6.07 Å². The second-order valence-corrected chi connectivity index (χ2v) is 12.6. The van der Waals surface area contributed by atoms with Crippen LogP contribution in [0.1, 0.15) is 61.9 Å². The van der Waals surface area contributed by atoms with Crippen molar-refractivity contribution in [1.82, 2.24) is 25.7 Å². The Morgan fingerprint density at radius 2 is 1.85 bits per heavy atom. The third-order valence-corrected chi connectivity index (χ3v) is 9.81. The van der Waals surface area contributed by atoms with E-state index in [-0.39, 0.29) is 5.69 Å². The maximum atomic E-state index is 13.9. The van der Waals surface area contributed by atoms with Gasteiger partial charge in [-0.2, -0.15) is 18.3 Å². The highest BCUT2D eigenvalue weighted by Crippen LogP contribution is 2.42. The van der Waals surface area contributed by atoms with Crippen LogP contribution in [0.15, 0.2) is 66.4 Å². The van der Waals surface area contributed by atoms with Crippen LogP contribution in [-0.2, 0) is 6.42 Å². The SMILES string of the molecule is CCN1CCN(c2ccc3cn[nH]c3c2)CCCCNC(c2c(NC(F)(F)F)ccc3c4c(ccc23)C2=C(CCC=C2)CC4)NC1. The van der Waals surface area contributed by atoms with Crippen LogP contribution < -0.4 is 20.9 Å². The maximum Gasteiger partial charge on any atom is 0.482 e. The Balaban J connectivity index is 1.20. The summed E-state index contributed by atoms with van der Waals surface area (Å²) >= 11 is 0. The molecule has 2 heterocycles. The smallest absolute Gasteiger partial charge is 0.370 e. The zero-order valence-corrected chi connectivity index (χ0v) is 26.3. The van der Waals surface area contributed by atoms with E-state index in [4.69, 9.17) is 0 Å². The number of nitrogens with zero attached hydrogens (tertiary/aromatic N) is 3. The molecular weight excluding hydrogens is 587 g/mol. The van der Waals surface area contributed by atoms with Crippen molar-refractivity contribution >= 4 is 38.6 Å². The number of aromatic nitrogens is 2. The molecule has 4 N–H and O–H groups in total. The summed E-state index contributed by atoms with van der Waals surface area (Å²) in [7, 11) is 0. The summed E-state index contributed by atoms with van der Waals surface area (Å²) in [6, 6.07) is 14.1. The summed E-state index contributed by atoms with van der Waals surface area (Å²) < 4.78 is 41.7. The maximum absolute atomic E-state index is 13.9. The molecule has 1 saturated heterocycles. The van der Waals surface area contributed by atoms with Gasteiger partial charge in [-0.25, -0.2) is 0 Å². The van der Waals surface area contributed by atoms with Gasteiger partial charge in [0.25, 0.3) is 0 Å². The van der Waals surface area contributed by atoms with Crippen LogP contribution in [0.25, 0.3) is 27.2 Å². The minimum atomic E-state index is -4.55. The summed E-state index contributed by atoms with van der Waals surface area (Å²) in [5.41, 5.74) is 8.15. The quantitative estimate of drug-likeness (QED) is 0.176. The molecule has 1 aliphatic heterocycles. The number of rotatable bonds is 4. The molecule has 2 aliphatic carbocycles. The fraction of sp³-hybridized carbons (Fsp3) is 0.417. The molecule has 1 atom stereocenters. The molecule has 10 heteroatoms. The lowest BCUT2D eigenvalue weighted by Gasteiger charge is -2.33. The fourth-order valence-corrected chi connectivity index (χ4v) is 7.39. The van der Waals surface area contributed by atoms with Crippen molar-refractivity contribution in [2.24, 2.45) is 0 Å². The fourth-order valence-electron chi connectivity index (χ4n) is 7.39. The lowest BCUT2D eigenvalue weighted by atomic mass is 9.79. The molecule has 46 heavy (non-hydrogen) atoms. The second kappa shape index (κ2) is 13.1. The molecule has 3 aliphatic rings. The minimum absolute atomic E-state index is 0.0914. The van der Waals surface area contributed by atoms with E-state index in [1.165, 1.54) is 22.3 Å². The van der Waals surface area contributed by atoms with Gasteiger partial charge in [-0.3, -0.25) is 25.9 Å². The van der Waals surface area contributed by atoms with Crippen molar-refractivity contribution in [2.75, 3.05) is 49.6 Å². The Hall–Kier alpha value is -3.86. The Morgan fingerprint density at radius 3 is 2.72 bits per heavy atom. The molecule has 3 aromatic carbocycles. The topological polar surface area (TPSA) is 71.2 Å². The number of nitrogens with one attached hydrogen (secondary N) is 4. The largest absolute Gasteiger partial charge is 0.482 e. The monoisotopic (exact) mass is 629 g/mol. The molecule has 4 aromatic rings. The Labute approximate surface area is 267 Å². The number of likely N-dealkylation sites (N-methyl/N-ethyl adjacent to an activating group) is 1. The summed E-state index contributed by atoms with van der Waals surface area (Å²) in [5, 5.41) is 19.4. The molecule has 1 aromatic heterocycles. The van der Waals surface area contributed by atoms with E-state index in [0.29, 0.717) is 18.8 Å². The van der Waals surface area contributed by atoms with Crippen LogP contribution in [0.2, 0.25) is 0 Å². The van der Waals surface area contributed by atoms with Crippen LogP contribution in [0.5, 0.6) is 0 Å². The van der Waals surface area contributed by atoms with E-state index in [0.717, 1.165) is 92.1 Å². The van der Waals surface area contributed by atoms with Gasteiger partial charge in [0, 0.05) is 48.6 Å². The number of hydrogen-bond donors (Lipinski definition) is 4. The van der Waals surface area contributed by atoms with E-state index in [1.807, 2.05) is 23.6 Å². The predicted molar refractivity (Wildman–Crippen MR) is 181 cm³/mol. The van der Waals surface area contributed by atoms with Gasteiger partial charge >= 0.3 is 6.30 Å². The third kappa shape index (κ3) is 6.38. The molecule has 242 valence electrons. The molecule has 0 bridgehead atoms. The third-order valence-electron chi connectivity index (χ3n) is 9.81. The zero-order valence-electron chi connectivity index (χ0n) is 26.3. The van der Waals surface area contributed by atoms with Crippen LogP contribution >= 0.6 is 0 Å². The summed E-state index contributed by atoms with van der Waals surface area (Å²) in [5.74, 6) is 0. The van der Waals surface area contributed by atoms with Crippen molar-refractivity contribution in [1.29, 1.82) is 0 Å². The van der Waals surface area contributed by atoms with Crippen molar-refractivity contribution < 1.29 is 13.2 Å². The molecule has 1 fully saturated rings. The number of aromatic amines is 1. The Morgan fingerprint density at radius 1 is 0.957 bits per heavy atom.